The number of rotatable bonds is 6. The highest BCUT2D eigenvalue weighted by atomic mass is 35.5. The lowest BCUT2D eigenvalue weighted by molar-refractivity contribution is -0.118. The Bertz CT molecular complexity index is 1340. The van der Waals surface area contributed by atoms with E-state index in [9.17, 15) is 9.18 Å². The van der Waals surface area contributed by atoms with Crippen LogP contribution in [0.5, 0.6) is 0 Å². The van der Waals surface area contributed by atoms with E-state index in [1.807, 2.05) is 42.5 Å². The summed E-state index contributed by atoms with van der Waals surface area (Å²) in [5, 5.41) is 5.61. The molecule has 1 atom stereocenters. The van der Waals surface area contributed by atoms with E-state index in [2.05, 4.69) is 25.5 Å². The van der Waals surface area contributed by atoms with Crippen molar-refractivity contribution >= 4 is 52.0 Å². The summed E-state index contributed by atoms with van der Waals surface area (Å²) in [6.07, 6.45) is 4.32. The Morgan fingerprint density at radius 1 is 1.05 bits per heavy atom. The third kappa shape index (κ3) is 4.88. The third-order valence-corrected chi connectivity index (χ3v) is 7.83. The average molecular weight is 537 g/mol. The van der Waals surface area contributed by atoms with E-state index in [1.165, 1.54) is 0 Å². The van der Waals surface area contributed by atoms with Crippen molar-refractivity contribution in [2.24, 2.45) is 0 Å². The zero-order valence-corrected chi connectivity index (χ0v) is 22.0. The highest BCUT2D eigenvalue weighted by Gasteiger charge is 2.49. The smallest absolute Gasteiger partial charge is 0.244 e. The second-order valence-corrected chi connectivity index (χ2v) is 10.8. The number of anilines is 6. The minimum absolute atomic E-state index is 0.0490. The van der Waals surface area contributed by atoms with Gasteiger partial charge in [-0.3, -0.25) is 4.79 Å². The molecule has 2 fully saturated rings. The number of halogens is 2. The number of hydrogen-bond donors (Lipinski definition) is 2. The van der Waals surface area contributed by atoms with Crippen LogP contribution in [0.3, 0.4) is 0 Å². The fourth-order valence-corrected chi connectivity index (χ4v) is 5.45. The summed E-state index contributed by atoms with van der Waals surface area (Å²) in [7, 11) is 0. The van der Waals surface area contributed by atoms with E-state index in [0.29, 0.717) is 12.2 Å². The maximum Gasteiger partial charge on any atom is 0.244 e. The standard InChI is InChI=1S/C28H30ClFN6O2/c1-18(29)26(37)36-11-10-28(8-9-28)22-7-4-20(16-24(22)36)32-25-23(30)17-31-27(34-25)33-19-2-5-21(6-3-19)35-12-14-38-15-13-35/h2-7,16-18H,8-15H2,1H3,(H2,31,32,33,34). The van der Waals surface area contributed by atoms with E-state index >= 15 is 0 Å². The number of alkyl halides is 1. The molecular weight excluding hydrogens is 507 g/mol. The number of nitrogens with one attached hydrogen (secondary N) is 2. The van der Waals surface area contributed by atoms with Gasteiger partial charge in [-0.1, -0.05) is 6.07 Å². The van der Waals surface area contributed by atoms with Crippen LogP contribution in [0.25, 0.3) is 0 Å². The van der Waals surface area contributed by atoms with E-state index in [0.717, 1.165) is 74.4 Å². The molecule has 0 bridgehead atoms. The fourth-order valence-electron chi connectivity index (χ4n) is 5.33. The molecule has 1 aromatic heterocycles. The van der Waals surface area contributed by atoms with Crippen molar-refractivity contribution in [3.05, 3.63) is 60.0 Å². The van der Waals surface area contributed by atoms with Gasteiger partial charge in [0.1, 0.15) is 5.38 Å². The van der Waals surface area contributed by atoms with Crippen LogP contribution >= 0.6 is 11.6 Å². The topological polar surface area (TPSA) is 82.6 Å². The van der Waals surface area contributed by atoms with Gasteiger partial charge in [-0.2, -0.15) is 4.98 Å². The minimum atomic E-state index is -0.622. The molecule has 2 aliphatic heterocycles. The second kappa shape index (κ2) is 10.0. The lowest BCUT2D eigenvalue weighted by Crippen LogP contribution is -2.41. The van der Waals surface area contributed by atoms with Gasteiger partial charge in [0.05, 0.1) is 19.4 Å². The van der Waals surface area contributed by atoms with E-state index in [1.54, 1.807) is 11.8 Å². The molecule has 2 N–H and O–H groups in total. The molecule has 1 spiro atoms. The van der Waals surface area contributed by atoms with Crippen molar-refractivity contribution in [2.45, 2.75) is 37.0 Å². The van der Waals surface area contributed by atoms with Crippen LogP contribution in [0.1, 0.15) is 31.7 Å². The van der Waals surface area contributed by atoms with Crippen LogP contribution in [0.4, 0.5) is 38.9 Å². The molecule has 1 unspecified atom stereocenters. The molecule has 3 aliphatic rings. The number of nitrogens with zero attached hydrogens (tertiary/aromatic N) is 4. The quantitative estimate of drug-likeness (QED) is 0.412. The van der Waals surface area contributed by atoms with Gasteiger partial charge in [0, 0.05) is 42.4 Å². The summed E-state index contributed by atoms with van der Waals surface area (Å²) in [6, 6.07) is 13.8. The maximum absolute atomic E-state index is 14.7. The first-order valence-corrected chi connectivity index (χ1v) is 13.4. The van der Waals surface area contributed by atoms with Gasteiger partial charge in [0.2, 0.25) is 11.9 Å². The molecule has 1 saturated heterocycles. The van der Waals surface area contributed by atoms with Crippen LogP contribution < -0.4 is 20.4 Å². The normalized spacial score (nSPS) is 18.6. The number of carbonyl (C=O) groups is 1. The molecule has 2 aromatic carbocycles. The third-order valence-electron chi connectivity index (χ3n) is 7.64. The molecule has 10 heteroatoms. The number of aromatic nitrogens is 2. The van der Waals surface area contributed by atoms with E-state index < -0.39 is 11.2 Å². The molecule has 3 aromatic rings. The molecular formula is C28H30ClFN6O2. The molecule has 3 heterocycles. The van der Waals surface area contributed by atoms with Crippen LogP contribution in [-0.4, -0.2) is 54.1 Å². The zero-order valence-electron chi connectivity index (χ0n) is 21.2. The minimum Gasteiger partial charge on any atom is -0.378 e. The van der Waals surface area contributed by atoms with Gasteiger partial charge in [0.15, 0.2) is 11.6 Å². The van der Waals surface area contributed by atoms with Crippen molar-refractivity contribution in [1.29, 1.82) is 0 Å². The number of morpholine rings is 1. The molecule has 6 rings (SSSR count). The summed E-state index contributed by atoms with van der Waals surface area (Å²) >= 11 is 6.15. The van der Waals surface area contributed by atoms with Gasteiger partial charge in [-0.05, 0) is 73.6 Å². The first kappa shape index (κ1) is 24.9. The van der Waals surface area contributed by atoms with Crippen molar-refractivity contribution in [3.8, 4) is 0 Å². The lowest BCUT2D eigenvalue weighted by Gasteiger charge is -2.35. The first-order chi connectivity index (χ1) is 18.4. The number of benzene rings is 2. The van der Waals surface area contributed by atoms with Gasteiger partial charge < -0.3 is 25.2 Å². The Labute approximate surface area is 226 Å². The van der Waals surface area contributed by atoms with Crippen molar-refractivity contribution in [3.63, 3.8) is 0 Å². The summed E-state index contributed by atoms with van der Waals surface area (Å²) in [6.45, 7) is 5.50. The van der Waals surface area contributed by atoms with Crippen LogP contribution in [0.15, 0.2) is 48.7 Å². The number of amides is 1. The summed E-state index contributed by atoms with van der Waals surface area (Å²) in [4.78, 5) is 25.3. The van der Waals surface area contributed by atoms with E-state index in [4.69, 9.17) is 16.3 Å². The molecule has 1 saturated carbocycles. The average Bonchev–Trinajstić information content (AvgIpc) is 3.71. The number of carbonyl (C=O) groups excluding carboxylic acids is 1. The van der Waals surface area contributed by atoms with Gasteiger partial charge >= 0.3 is 0 Å². The lowest BCUT2D eigenvalue weighted by atomic mass is 9.86. The summed E-state index contributed by atoms with van der Waals surface area (Å²) < 4.78 is 20.1. The SMILES string of the molecule is CC(Cl)C(=O)N1CCC2(CC2)c2ccc(Nc3nc(Nc4ccc(N5CCOCC5)cc4)ncc3F)cc21. The predicted octanol–water partition coefficient (Wildman–Crippen LogP) is 5.34. The first-order valence-electron chi connectivity index (χ1n) is 13.0. The van der Waals surface area contributed by atoms with Crippen LogP contribution in [0, 0.1) is 5.82 Å². The van der Waals surface area contributed by atoms with Crippen molar-refractivity contribution in [1.82, 2.24) is 9.97 Å². The Morgan fingerprint density at radius 2 is 1.79 bits per heavy atom. The number of hydrogen-bond acceptors (Lipinski definition) is 7. The van der Waals surface area contributed by atoms with Crippen molar-refractivity contribution in [2.75, 3.05) is 53.3 Å². The van der Waals surface area contributed by atoms with Crippen LogP contribution in [-0.2, 0) is 14.9 Å². The molecule has 8 nitrogen and oxygen atoms in total. The summed E-state index contributed by atoms with van der Waals surface area (Å²) in [5.74, 6) is -0.375. The summed E-state index contributed by atoms with van der Waals surface area (Å²) in [5.41, 5.74) is 4.70. The van der Waals surface area contributed by atoms with Gasteiger partial charge in [0.25, 0.3) is 0 Å². The second-order valence-electron chi connectivity index (χ2n) is 10.2. The Hall–Kier alpha value is -3.43. The Balaban J connectivity index is 1.21. The predicted molar refractivity (Wildman–Crippen MR) is 148 cm³/mol. The maximum atomic E-state index is 14.7. The zero-order chi connectivity index (χ0) is 26.3. The van der Waals surface area contributed by atoms with E-state index in [-0.39, 0.29) is 23.1 Å². The Kier molecular flexibility index (Phi) is 6.57. The molecule has 1 amide bonds. The molecule has 1 aliphatic carbocycles. The fraction of sp³-hybridized carbons (Fsp3) is 0.393. The molecule has 198 valence electrons. The number of fused-ring (bicyclic) bond motifs is 2. The monoisotopic (exact) mass is 536 g/mol. The molecule has 38 heavy (non-hydrogen) atoms. The highest BCUT2D eigenvalue weighted by Crippen LogP contribution is 2.56. The number of ether oxygens (including phenoxy) is 1. The molecule has 0 radical (unpaired) electrons. The van der Waals surface area contributed by atoms with Crippen LogP contribution in [0.2, 0.25) is 0 Å². The van der Waals surface area contributed by atoms with Gasteiger partial charge in [-0.25, -0.2) is 9.37 Å². The van der Waals surface area contributed by atoms with Crippen molar-refractivity contribution < 1.29 is 13.9 Å². The van der Waals surface area contributed by atoms with Gasteiger partial charge in [-0.15, -0.1) is 11.6 Å². The largest absolute Gasteiger partial charge is 0.378 e. The highest BCUT2D eigenvalue weighted by molar-refractivity contribution is 6.32. The Morgan fingerprint density at radius 3 is 2.50 bits per heavy atom.